The molecule has 10 rings (SSSR count). The molecule has 2 nitrogen and oxygen atoms in total. The van der Waals surface area contributed by atoms with E-state index in [1.165, 1.54) is 0 Å². The van der Waals surface area contributed by atoms with Crippen LogP contribution in [-0.2, 0) is 0 Å². The molecule has 2 aromatic heterocycles. The number of benzene rings is 8. The first-order chi connectivity index (χ1) is 31.0. The maximum absolute atomic E-state index is 7.46. The van der Waals surface area contributed by atoms with Gasteiger partial charge in [-0.2, -0.15) is 0 Å². The van der Waals surface area contributed by atoms with Gasteiger partial charge in [-0.1, -0.05) is 128 Å². The summed E-state index contributed by atoms with van der Waals surface area (Å²) in [6.45, 7) is 0. The van der Waals surface area contributed by atoms with Crippen LogP contribution in [0.2, 0.25) is 0 Å². The Labute approximate surface area is 398 Å². The normalized spacial score (nSPS) is 11.7. The van der Waals surface area contributed by atoms with E-state index in [0.29, 0.717) is 27.5 Å². The third kappa shape index (κ3) is 6.23. The highest BCUT2D eigenvalue weighted by atomic mass is 15.0. The van der Waals surface area contributed by atoms with Gasteiger partial charge in [0.1, 0.15) is 118 Å². The summed E-state index contributed by atoms with van der Waals surface area (Å²) in [6, 6.07) is 34.5. The van der Waals surface area contributed by atoms with Gasteiger partial charge in [-0.25, -0.2) is 0 Å². The summed E-state index contributed by atoms with van der Waals surface area (Å²) < 4.78 is 3.43. The van der Waals surface area contributed by atoms with Crippen LogP contribution in [0.3, 0.4) is 0 Å². The molecule has 0 bridgehead atoms. The van der Waals surface area contributed by atoms with Gasteiger partial charge in [0, 0.05) is 38.8 Å². The standard InChI is InChI=1S/C48H17B15N2/c49-29-25-26-30(50)34(54)38(58)41(61)47(26)65(46(25)40(60)37(57)33(29)53)48-32(52)28-27-31(51)35(55)36(56)39(59)44(27)64(45(28)42(62)43(48)63)24-16-22(19-10-5-2-6-11-19)15-23(17-24)21-13-7-12-20(14-21)18-8-3-1-4-9-18/h1-17H. The summed E-state index contributed by atoms with van der Waals surface area (Å²) in [5.74, 6) is 0. The SMILES string of the molecule is [B]c1c([B])c([B])c2c(c1[B])c1c([B])c(-n3c4c([B])c([B])c([B])c([B])c4c4c([B])c([B])c([B])c([B])c43)c([B])c([B])c1n2-c1cc(-c2ccccc2)cc(-c2cccc(-c3ccccc3)c2)c1. The van der Waals surface area contributed by atoms with Gasteiger partial charge in [0.2, 0.25) is 0 Å². The molecule has 0 N–H and O–H groups in total. The van der Waals surface area contributed by atoms with Crippen LogP contribution in [0.25, 0.3) is 88.4 Å². The number of hydrogen-bond acceptors (Lipinski definition) is 0. The minimum Gasteiger partial charge on any atom is -0.312 e. The average molecular weight is 784 g/mol. The summed E-state index contributed by atoms with van der Waals surface area (Å²) in [5.41, 5.74) is 8.21. The van der Waals surface area contributed by atoms with Gasteiger partial charge in [0.25, 0.3) is 0 Å². The maximum Gasteiger partial charge on any atom is 0.117 e. The van der Waals surface area contributed by atoms with Crippen molar-refractivity contribution < 1.29 is 0 Å². The molecule has 0 spiro atoms. The molecule has 0 aliphatic carbocycles. The Morgan fingerprint density at radius 3 is 0.985 bits per heavy atom. The van der Waals surface area contributed by atoms with Gasteiger partial charge in [-0.3, -0.25) is 0 Å². The summed E-state index contributed by atoms with van der Waals surface area (Å²) in [7, 11) is 102. The van der Waals surface area contributed by atoms with Gasteiger partial charge in [-0.15, -0.1) is 32.8 Å². The Kier molecular flexibility index (Phi) is 10.5. The first-order valence-corrected chi connectivity index (χ1v) is 20.3. The lowest BCUT2D eigenvalue weighted by Gasteiger charge is -2.24. The van der Waals surface area contributed by atoms with Crippen molar-refractivity contribution in [3.05, 3.63) is 103 Å². The van der Waals surface area contributed by atoms with Crippen molar-refractivity contribution in [3.8, 4) is 44.8 Å². The summed E-state index contributed by atoms with van der Waals surface area (Å²) in [4.78, 5) is 0. The van der Waals surface area contributed by atoms with Crippen LogP contribution in [0.1, 0.15) is 0 Å². The molecule has 264 valence electrons. The number of hydrogen-bond donors (Lipinski definition) is 0. The maximum atomic E-state index is 7.46. The molecular formula is C48H17B15N2. The van der Waals surface area contributed by atoms with E-state index in [1.807, 2.05) is 71.3 Å². The molecule has 0 atom stereocenters. The Hall–Kier alpha value is -5.67. The van der Waals surface area contributed by atoms with Crippen LogP contribution in [-0.4, -0.2) is 127 Å². The van der Waals surface area contributed by atoms with E-state index in [1.54, 1.807) is 4.57 Å². The van der Waals surface area contributed by atoms with Gasteiger partial charge in [0.05, 0.1) is 0 Å². The monoisotopic (exact) mass is 786 g/mol. The Morgan fingerprint density at radius 2 is 0.538 bits per heavy atom. The molecular weight excluding hydrogens is 767 g/mol. The zero-order valence-corrected chi connectivity index (χ0v) is 34.9. The van der Waals surface area contributed by atoms with E-state index in [2.05, 4.69) is 36.4 Å². The van der Waals surface area contributed by atoms with Crippen molar-refractivity contribution in [3.63, 3.8) is 0 Å². The van der Waals surface area contributed by atoms with E-state index < -0.39 is 0 Å². The molecule has 8 aromatic carbocycles. The zero-order chi connectivity index (χ0) is 46.1. The number of rotatable bonds is 5. The molecule has 2 heterocycles. The minimum absolute atomic E-state index is 0.00678. The van der Waals surface area contributed by atoms with E-state index in [-0.39, 0.29) is 109 Å². The van der Waals surface area contributed by atoms with E-state index >= 15 is 0 Å². The molecule has 0 fully saturated rings. The smallest absolute Gasteiger partial charge is 0.117 e. The van der Waals surface area contributed by atoms with Gasteiger partial charge < -0.3 is 9.13 Å². The van der Waals surface area contributed by atoms with Crippen molar-refractivity contribution in [2.45, 2.75) is 0 Å². The molecule has 0 aliphatic rings. The van der Waals surface area contributed by atoms with Crippen molar-refractivity contribution in [2.75, 3.05) is 0 Å². The van der Waals surface area contributed by atoms with Crippen LogP contribution in [0.5, 0.6) is 0 Å². The lowest BCUT2D eigenvalue weighted by molar-refractivity contribution is 1.19. The topological polar surface area (TPSA) is 9.86 Å². The van der Waals surface area contributed by atoms with E-state index in [4.69, 9.17) is 118 Å². The third-order valence-electron chi connectivity index (χ3n) is 12.7. The Morgan fingerprint density at radius 1 is 0.231 bits per heavy atom. The van der Waals surface area contributed by atoms with E-state index in [9.17, 15) is 0 Å². The highest BCUT2D eigenvalue weighted by Crippen LogP contribution is 2.36. The van der Waals surface area contributed by atoms with Crippen LogP contribution in [0.15, 0.2) is 103 Å². The van der Waals surface area contributed by atoms with Crippen molar-refractivity contribution in [1.82, 2.24) is 9.13 Å². The first kappa shape index (κ1) is 43.2. The fourth-order valence-corrected chi connectivity index (χ4v) is 9.33. The molecule has 0 aliphatic heterocycles. The van der Waals surface area contributed by atoms with Gasteiger partial charge >= 0.3 is 0 Å². The second kappa shape index (κ2) is 15.8. The van der Waals surface area contributed by atoms with Crippen LogP contribution < -0.4 is 81.9 Å². The molecule has 0 amide bonds. The molecule has 65 heavy (non-hydrogen) atoms. The summed E-state index contributed by atoms with van der Waals surface area (Å²) in [5, 5.41) is 1.24. The average Bonchev–Trinajstić information content (AvgIpc) is 3.88. The summed E-state index contributed by atoms with van der Waals surface area (Å²) in [6.07, 6.45) is 0. The number of aromatic nitrogens is 2. The molecule has 10 aromatic rings. The Balaban J connectivity index is 1.39. The lowest BCUT2D eigenvalue weighted by Crippen LogP contribution is -2.49. The fourth-order valence-electron chi connectivity index (χ4n) is 9.33. The fraction of sp³-hybridized carbons (Fsp3) is 0. The van der Waals surface area contributed by atoms with Crippen LogP contribution in [0.4, 0.5) is 0 Å². The zero-order valence-electron chi connectivity index (χ0n) is 34.9. The van der Waals surface area contributed by atoms with E-state index in [0.717, 1.165) is 33.4 Å². The Bertz CT molecular complexity index is 3630. The quantitative estimate of drug-likeness (QED) is 0.155. The predicted octanol–water partition coefficient (Wildman–Crippen LogP) is -5.21. The largest absolute Gasteiger partial charge is 0.312 e. The molecule has 0 saturated carbocycles. The number of nitrogens with zero attached hydrogens (tertiary/aromatic N) is 2. The second-order valence-electron chi connectivity index (χ2n) is 16.2. The minimum atomic E-state index is -0.0105. The highest BCUT2D eigenvalue weighted by molar-refractivity contribution is 6.73. The van der Waals surface area contributed by atoms with Gasteiger partial charge in [0.15, 0.2) is 0 Å². The van der Waals surface area contributed by atoms with Gasteiger partial charge in [-0.05, 0) is 73.8 Å². The first-order valence-electron chi connectivity index (χ1n) is 20.3. The third-order valence-corrected chi connectivity index (χ3v) is 12.7. The molecule has 30 radical (unpaired) electrons. The summed E-state index contributed by atoms with van der Waals surface area (Å²) >= 11 is 0. The second-order valence-corrected chi connectivity index (χ2v) is 16.2. The van der Waals surface area contributed by atoms with Crippen molar-refractivity contribution in [2.24, 2.45) is 0 Å². The molecule has 0 saturated heterocycles. The van der Waals surface area contributed by atoms with Crippen molar-refractivity contribution in [1.29, 1.82) is 0 Å². The predicted molar refractivity (Wildman–Crippen MR) is 292 cm³/mol. The molecule has 0 unspecified atom stereocenters. The van der Waals surface area contributed by atoms with Crippen LogP contribution in [0, 0.1) is 0 Å². The van der Waals surface area contributed by atoms with Crippen LogP contribution >= 0.6 is 0 Å². The lowest BCUT2D eigenvalue weighted by atomic mass is 9.63. The highest BCUT2D eigenvalue weighted by Gasteiger charge is 2.28. The van der Waals surface area contributed by atoms with Crippen molar-refractivity contribution >= 4 is 243 Å². The number of fused-ring (bicyclic) bond motifs is 6. The molecule has 17 heteroatoms.